The van der Waals surface area contributed by atoms with E-state index >= 15 is 0 Å². The second kappa shape index (κ2) is 5.23. The molecule has 0 aliphatic heterocycles. The molecule has 5 heteroatoms. The Bertz CT molecular complexity index is 593. The minimum Gasteiger partial charge on any atom is -0.496 e. The Labute approximate surface area is 124 Å². The van der Waals surface area contributed by atoms with E-state index in [2.05, 4.69) is 21.3 Å². The van der Waals surface area contributed by atoms with Gasteiger partial charge in [-0.2, -0.15) is 0 Å². The highest BCUT2D eigenvalue weighted by Gasteiger charge is 2.29. The number of thiazole rings is 1. The average molecular weight is 339 g/mol. The molecule has 3 nitrogen and oxygen atoms in total. The average Bonchev–Trinajstić information content (AvgIpc) is 2.84. The molecule has 0 bridgehead atoms. The summed E-state index contributed by atoms with van der Waals surface area (Å²) in [6.07, 6.45) is 2.11. The summed E-state index contributed by atoms with van der Waals surface area (Å²) in [6, 6.07) is 6.34. The maximum atomic E-state index is 5.84. The van der Waals surface area contributed by atoms with Crippen molar-refractivity contribution in [2.24, 2.45) is 5.73 Å². The van der Waals surface area contributed by atoms with Gasteiger partial charge in [-0.3, -0.25) is 0 Å². The predicted molar refractivity (Wildman–Crippen MR) is 81.8 cm³/mol. The SMILES string of the molecule is COc1ccc(Br)cc1-c1nc(C2CC(N)C2)cs1. The maximum Gasteiger partial charge on any atom is 0.129 e. The third-order valence-corrected chi connectivity index (χ3v) is 4.89. The van der Waals surface area contributed by atoms with Crippen LogP contribution in [-0.4, -0.2) is 18.1 Å². The highest BCUT2D eigenvalue weighted by molar-refractivity contribution is 9.10. The third-order valence-electron chi connectivity index (χ3n) is 3.51. The molecular weight excluding hydrogens is 324 g/mol. The Kier molecular flexibility index (Phi) is 3.60. The number of benzene rings is 1. The molecule has 0 saturated heterocycles. The summed E-state index contributed by atoms with van der Waals surface area (Å²) >= 11 is 5.16. The molecule has 0 spiro atoms. The quantitative estimate of drug-likeness (QED) is 0.926. The minimum absolute atomic E-state index is 0.357. The van der Waals surface area contributed by atoms with Gasteiger partial charge in [-0.1, -0.05) is 15.9 Å². The van der Waals surface area contributed by atoms with Crippen LogP contribution >= 0.6 is 27.3 Å². The topological polar surface area (TPSA) is 48.1 Å². The van der Waals surface area contributed by atoms with E-state index in [0.717, 1.165) is 33.6 Å². The van der Waals surface area contributed by atoms with Crippen LogP contribution in [0.25, 0.3) is 10.6 Å². The standard InChI is InChI=1S/C14H15BrN2OS/c1-18-13-3-2-9(15)6-11(13)14-17-12(7-19-14)8-4-10(16)5-8/h2-3,6-8,10H,4-5,16H2,1H3. The molecule has 19 heavy (non-hydrogen) atoms. The summed E-state index contributed by atoms with van der Waals surface area (Å²) in [5.41, 5.74) is 8.05. The summed E-state index contributed by atoms with van der Waals surface area (Å²) in [5, 5.41) is 3.15. The van der Waals surface area contributed by atoms with Crippen molar-refractivity contribution in [3.8, 4) is 16.3 Å². The first-order valence-electron chi connectivity index (χ1n) is 6.22. The van der Waals surface area contributed by atoms with Gasteiger partial charge in [0.1, 0.15) is 10.8 Å². The van der Waals surface area contributed by atoms with Crippen LogP contribution in [0.1, 0.15) is 24.5 Å². The number of nitrogens with zero attached hydrogens (tertiary/aromatic N) is 1. The summed E-state index contributed by atoms with van der Waals surface area (Å²) in [7, 11) is 1.69. The maximum absolute atomic E-state index is 5.84. The van der Waals surface area contributed by atoms with E-state index in [-0.39, 0.29) is 0 Å². The molecule has 1 aliphatic carbocycles. The van der Waals surface area contributed by atoms with Gasteiger partial charge in [0.25, 0.3) is 0 Å². The first-order chi connectivity index (χ1) is 9.17. The molecule has 1 aromatic heterocycles. The van der Waals surface area contributed by atoms with Crippen LogP contribution in [0.5, 0.6) is 5.75 Å². The van der Waals surface area contributed by atoms with Gasteiger partial charge in [-0.05, 0) is 31.0 Å². The van der Waals surface area contributed by atoms with Crippen LogP contribution < -0.4 is 10.5 Å². The van der Waals surface area contributed by atoms with Gasteiger partial charge in [0.2, 0.25) is 0 Å². The molecule has 0 amide bonds. The first kappa shape index (κ1) is 13.1. The largest absolute Gasteiger partial charge is 0.496 e. The van der Waals surface area contributed by atoms with E-state index in [0.29, 0.717) is 12.0 Å². The number of nitrogens with two attached hydrogens (primary N) is 1. The third kappa shape index (κ3) is 2.55. The van der Waals surface area contributed by atoms with E-state index < -0.39 is 0 Å². The number of hydrogen-bond donors (Lipinski definition) is 1. The zero-order chi connectivity index (χ0) is 13.4. The second-order valence-corrected chi connectivity index (χ2v) is 6.62. The molecule has 2 N–H and O–H groups in total. The molecule has 1 aliphatic rings. The Morgan fingerprint density at radius 3 is 2.89 bits per heavy atom. The molecule has 100 valence electrons. The number of rotatable bonds is 3. The molecule has 3 rings (SSSR count). The fourth-order valence-corrected chi connectivity index (χ4v) is 3.63. The smallest absolute Gasteiger partial charge is 0.129 e. The van der Waals surface area contributed by atoms with Crippen LogP contribution in [0.4, 0.5) is 0 Å². The summed E-state index contributed by atoms with van der Waals surface area (Å²) in [4.78, 5) is 4.75. The number of hydrogen-bond acceptors (Lipinski definition) is 4. The summed E-state index contributed by atoms with van der Waals surface area (Å²) < 4.78 is 6.44. The molecule has 1 aromatic carbocycles. The Balaban J connectivity index is 1.92. The van der Waals surface area contributed by atoms with Crippen molar-refractivity contribution in [1.29, 1.82) is 0 Å². The van der Waals surface area contributed by atoms with Crippen LogP contribution in [0.15, 0.2) is 28.1 Å². The molecule has 1 heterocycles. The van der Waals surface area contributed by atoms with Gasteiger partial charge < -0.3 is 10.5 Å². The van der Waals surface area contributed by atoms with Gasteiger partial charge in [0, 0.05) is 21.8 Å². The van der Waals surface area contributed by atoms with Gasteiger partial charge >= 0.3 is 0 Å². The normalized spacial score (nSPS) is 22.1. The first-order valence-corrected chi connectivity index (χ1v) is 7.89. The fourth-order valence-electron chi connectivity index (χ4n) is 2.35. The van der Waals surface area contributed by atoms with Crippen molar-refractivity contribution in [2.45, 2.75) is 24.8 Å². The van der Waals surface area contributed by atoms with Gasteiger partial charge in [-0.25, -0.2) is 4.98 Å². The summed E-state index contributed by atoms with van der Waals surface area (Å²) in [5.74, 6) is 1.40. The van der Waals surface area contributed by atoms with E-state index in [4.69, 9.17) is 15.5 Å². The lowest BCUT2D eigenvalue weighted by atomic mass is 9.79. The van der Waals surface area contributed by atoms with Gasteiger partial charge in [0.05, 0.1) is 18.4 Å². The van der Waals surface area contributed by atoms with E-state index in [9.17, 15) is 0 Å². The lowest BCUT2D eigenvalue weighted by Crippen LogP contribution is -2.34. The van der Waals surface area contributed by atoms with E-state index in [1.807, 2.05) is 18.2 Å². The zero-order valence-electron chi connectivity index (χ0n) is 10.6. The Hall–Kier alpha value is -0.910. The highest BCUT2D eigenvalue weighted by atomic mass is 79.9. The van der Waals surface area contributed by atoms with Crippen molar-refractivity contribution >= 4 is 27.3 Å². The molecule has 0 atom stereocenters. The fraction of sp³-hybridized carbons (Fsp3) is 0.357. The number of methoxy groups -OCH3 is 1. The summed E-state index contributed by atoms with van der Waals surface area (Å²) in [6.45, 7) is 0. The number of ether oxygens (including phenoxy) is 1. The lowest BCUT2D eigenvalue weighted by molar-refractivity contribution is 0.346. The van der Waals surface area contributed by atoms with Crippen molar-refractivity contribution in [3.63, 3.8) is 0 Å². The van der Waals surface area contributed by atoms with Crippen LogP contribution in [-0.2, 0) is 0 Å². The van der Waals surface area contributed by atoms with Gasteiger partial charge in [-0.15, -0.1) is 11.3 Å². The lowest BCUT2D eigenvalue weighted by Gasteiger charge is -2.30. The minimum atomic E-state index is 0.357. The number of halogens is 1. The molecule has 1 fully saturated rings. The molecule has 0 unspecified atom stereocenters. The number of aromatic nitrogens is 1. The molecular formula is C14H15BrN2OS. The van der Waals surface area contributed by atoms with Crippen molar-refractivity contribution in [2.75, 3.05) is 7.11 Å². The van der Waals surface area contributed by atoms with E-state index in [1.54, 1.807) is 18.4 Å². The van der Waals surface area contributed by atoms with Crippen molar-refractivity contribution < 1.29 is 4.74 Å². The molecule has 2 aromatic rings. The zero-order valence-corrected chi connectivity index (χ0v) is 13.0. The Morgan fingerprint density at radius 2 is 2.21 bits per heavy atom. The van der Waals surface area contributed by atoms with Crippen molar-refractivity contribution in [1.82, 2.24) is 4.98 Å². The van der Waals surface area contributed by atoms with Crippen molar-refractivity contribution in [3.05, 3.63) is 33.7 Å². The predicted octanol–water partition coefficient (Wildman–Crippen LogP) is 3.79. The second-order valence-electron chi connectivity index (χ2n) is 4.85. The molecule has 0 radical (unpaired) electrons. The Morgan fingerprint density at radius 1 is 1.42 bits per heavy atom. The van der Waals surface area contributed by atoms with Gasteiger partial charge in [0.15, 0.2) is 0 Å². The van der Waals surface area contributed by atoms with E-state index in [1.165, 1.54) is 5.69 Å². The monoisotopic (exact) mass is 338 g/mol. The highest BCUT2D eigenvalue weighted by Crippen LogP contribution is 2.40. The van der Waals surface area contributed by atoms with Crippen LogP contribution in [0, 0.1) is 0 Å². The van der Waals surface area contributed by atoms with Crippen LogP contribution in [0.3, 0.4) is 0 Å². The molecule has 1 saturated carbocycles. The van der Waals surface area contributed by atoms with Crippen LogP contribution in [0.2, 0.25) is 0 Å².